The molecule has 2 aromatic carbocycles. The molecule has 1 aromatic heterocycles. The van der Waals surface area contributed by atoms with Gasteiger partial charge < -0.3 is 19.0 Å². The minimum absolute atomic E-state index is 0.0700. The van der Waals surface area contributed by atoms with E-state index in [-0.39, 0.29) is 23.2 Å². The van der Waals surface area contributed by atoms with Gasteiger partial charge in [0.1, 0.15) is 11.3 Å². The molecule has 0 aliphatic carbocycles. The first-order chi connectivity index (χ1) is 14.9. The molecule has 2 heterocycles. The summed E-state index contributed by atoms with van der Waals surface area (Å²) in [5.74, 6) is 0.679. The largest absolute Gasteiger partial charge is 0.491 e. The molecular formula is C25H28N2O4. The van der Waals surface area contributed by atoms with Gasteiger partial charge in [-0.1, -0.05) is 24.3 Å². The van der Waals surface area contributed by atoms with E-state index in [1.54, 1.807) is 23.1 Å². The third-order valence-corrected chi connectivity index (χ3v) is 5.45. The number of carbonyl (C=O) groups is 1. The van der Waals surface area contributed by atoms with Crippen molar-refractivity contribution in [2.45, 2.75) is 32.4 Å². The second-order valence-corrected chi connectivity index (χ2v) is 8.46. The van der Waals surface area contributed by atoms with E-state index < -0.39 is 6.04 Å². The molecule has 0 saturated carbocycles. The van der Waals surface area contributed by atoms with Gasteiger partial charge in [0.05, 0.1) is 23.1 Å². The topological polar surface area (TPSA) is 63.0 Å². The van der Waals surface area contributed by atoms with Crippen molar-refractivity contribution < 1.29 is 13.9 Å². The van der Waals surface area contributed by atoms with E-state index in [9.17, 15) is 9.59 Å². The molecule has 0 fully saturated rings. The lowest BCUT2D eigenvalue weighted by Crippen LogP contribution is -2.32. The number of fused-ring (bicyclic) bond motifs is 2. The summed E-state index contributed by atoms with van der Waals surface area (Å²) in [7, 11) is 4.01. The number of rotatable bonds is 7. The van der Waals surface area contributed by atoms with Gasteiger partial charge in [-0.2, -0.15) is 0 Å². The fourth-order valence-electron chi connectivity index (χ4n) is 4.10. The van der Waals surface area contributed by atoms with Gasteiger partial charge in [0.2, 0.25) is 5.76 Å². The average Bonchev–Trinajstić information content (AvgIpc) is 3.00. The van der Waals surface area contributed by atoms with Crippen LogP contribution in [-0.2, 0) is 0 Å². The lowest BCUT2D eigenvalue weighted by molar-refractivity contribution is 0.0722. The SMILES string of the molecule is CC(C)Oc1ccc([C@@H]2c3c(oc4ccccc4c3=O)C(=O)N2CCCN(C)C)cc1. The monoisotopic (exact) mass is 420 g/mol. The minimum atomic E-state index is -0.474. The first kappa shape index (κ1) is 21.1. The number of hydrogen-bond acceptors (Lipinski definition) is 5. The summed E-state index contributed by atoms with van der Waals surface area (Å²) < 4.78 is 11.7. The maximum Gasteiger partial charge on any atom is 0.290 e. The molecule has 0 spiro atoms. The molecule has 4 rings (SSSR count). The maximum atomic E-state index is 13.4. The Bertz CT molecular complexity index is 1150. The van der Waals surface area contributed by atoms with Crippen LogP contribution in [0, 0.1) is 0 Å². The standard InChI is InChI=1S/C25H28N2O4/c1-16(2)30-18-12-10-17(11-13-18)22-21-23(28)19-8-5-6-9-20(19)31-24(21)25(29)27(22)15-7-14-26(3)4/h5-6,8-13,16,22H,7,14-15H2,1-4H3/t22-/m1/s1. The van der Waals surface area contributed by atoms with Crippen LogP contribution in [0.4, 0.5) is 0 Å². The van der Waals surface area contributed by atoms with Crippen LogP contribution in [0.3, 0.4) is 0 Å². The Hall–Kier alpha value is -3.12. The number of nitrogens with zero attached hydrogens (tertiary/aromatic N) is 2. The van der Waals surface area contributed by atoms with Gasteiger partial charge in [-0.15, -0.1) is 0 Å². The molecule has 0 unspecified atom stereocenters. The second-order valence-electron chi connectivity index (χ2n) is 8.46. The molecule has 0 radical (unpaired) electrons. The molecule has 1 aliphatic rings. The normalized spacial score (nSPS) is 15.9. The van der Waals surface area contributed by atoms with E-state index in [0.717, 1.165) is 24.3 Å². The molecule has 1 atom stereocenters. The van der Waals surface area contributed by atoms with Crippen molar-refractivity contribution in [1.82, 2.24) is 9.80 Å². The predicted octanol–water partition coefficient (Wildman–Crippen LogP) is 4.08. The van der Waals surface area contributed by atoms with E-state index in [1.807, 2.05) is 58.3 Å². The molecule has 0 N–H and O–H groups in total. The van der Waals surface area contributed by atoms with Gasteiger partial charge in [-0.25, -0.2) is 0 Å². The zero-order chi connectivity index (χ0) is 22.1. The van der Waals surface area contributed by atoms with Crippen molar-refractivity contribution >= 4 is 16.9 Å². The average molecular weight is 421 g/mol. The highest BCUT2D eigenvalue weighted by atomic mass is 16.5. The number of carbonyl (C=O) groups excluding carboxylic acids is 1. The third kappa shape index (κ3) is 4.08. The van der Waals surface area contributed by atoms with E-state index in [2.05, 4.69) is 4.90 Å². The molecule has 0 saturated heterocycles. The van der Waals surface area contributed by atoms with Crippen LogP contribution < -0.4 is 10.2 Å². The van der Waals surface area contributed by atoms with Crippen LogP contribution in [0.25, 0.3) is 11.0 Å². The Kier molecular flexibility index (Phi) is 5.83. The van der Waals surface area contributed by atoms with E-state index in [0.29, 0.717) is 23.1 Å². The lowest BCUT2D eigenvalue weighted by atomic mass is 9.98. The molecule has 31 heavy (non-hydrogen) atoms. The summed E-state index contributed by atoms with van der Waals surface area (Å²) in [5, 5.41) is 0.494. The fourth-order valence-corrected chi connectivity index (χ4v) is 4.10. The van der Waals surface area contributed by atoms with Crippen molar-refractivity contribution in [1.29, 1.82) is 0 Å². The van der Waals surface area contributed by atoms with E-state index in [4.69, 9.17) is 9.15 Å². The van der Waals surface area contributed by atoms with Gasteiger partial charge in [0, 0.05) is 6.54 Å². The van der Waals surface area contributed by atoms with Crippen molar-refractivity contribution in [2.75, 3.05) is 27.2 Å². The highest BCUT2D eigenvalue weighted by Crippen LogP contribution is 2.38. The highest BCUT2D eigenvalue weighted by molar-refractivity contribution is 5.99. The van der Waals surface area contributed by atoms with Crippen LogP contribution in [-0.4, -0.2) is 49.0 Å². The van der Waals surface area contributed by atoms with Crippen LogP contribution in [0.15, 0.2) is 57.7 Å². The number of ether oxygens (including phenoxy) is 1. The molecule has 1 aliphatic heterocycles. The second kappa shape index (κ2) is 8.55. The number of benzene rings is 2. The smallest absolute Gasteiger partial charge is 0.290 e. The zero-order valence-electron chi connectivity index (χ0n) is 18.4. The van der Waals surface area contributed by atoms with Gasteiger partial charge in [0.25, 0.3) is 5.91 Å². The summed E-state index contributed by atoms with van der Waals surface area (Å²) in [6.07, 6.45) is 0.867. The molecule has 162 valence electrons. The summed E-state index contributed by atoms with van der Waals surface area (Å²) in [6.45, 7) is 5.33. The molecule has 0 bridgehead atoms. The fraction of sp³-hybridized carbons (Fsp3) is 0.360. The van der Waals surface area contributed by atoms with Crippen LogP contribution in [0.1, 0.15) is 48.0 Å². The first-order valence-electron chi connectivity index (χ1n) is 10.6. The van der Waals surface area contributed by atoms with Gasteiger partial charge in [-0.05, 0) is 70.7 Å². The molecular weight excluding hydrogens is 392 g/mol. The highest BCUT2D eigenvalue weighted by Gasteiger charge is 2.42. The Morgan fingerprint density at radius 2 is 1.77 bits per heavy atom. The summed E-state index contributed by atoms with van der Waals surface area (Å²) in [4.78, 5) is 30.6. The Morgan fingerprint density at radius 3 is 2.45 bits per heavy atom. The summed E-state index contributed by atoms with van der Waals surface area (Å²) in [6, 6.07) is 14.2. The predicted molar refractivity (Wildman–Crippen MR) is 121 cm³/mol. The lowest BCUT2D eigenvalue weighted by Gasteiger charge is -2.26. The van der Waals surface area contributed by atoms with Crippen LogP contribution in [0.2, 0.25) is 0 Å². The van der Waals surface area contributed by atoms with Gasteiger partial charge in [-0.3, -0.25) is 9.59 Å². The van der Waals surface area contributed by atoms with Gasteiger partial charge in [0.15, 0.2) is 5.43 Å². The molecule has 1 amide bonds. The van der Waals surface area contributed by atoms with Crippen molar-refractivity contribution in [3.05, 3.63) is 75.6 Å². The molecule has 3 aromatic rings. The summed E-state index contributed by atoms with van der Waals surface area (Å²) >= 11 is 0. The van der Waals surface area contributed by atoms with E-state index in [1.165, 1.54) is 0 Å². The van der Waals surface area contributed by atoms with Gasteiger partial charge >= 0.3 is 0 Å². The molecule has 6 nitrogen and oxygen atoms in total. The van der Waals surface area contributed by atoms with Crippen LogP contribution in [0.5, 0.6) is 5.75 Å². The Morgan fingerprint density at radius 1 is 1.06 bits per heavy atom. The molecule has 6 heteroatoms. The minimum Gasteiger partial charge on any atom is -0.491 e. The van der Waals surface area contributed by atoms with Crippen molar-refractivity contribution in [3.63, 3.8) is 0 Å². The van der Waals surface area contributed by atoms with Crippen LogP contribution >= 0.6 is 0 Å². The number of amides is 1. The first-order valence-corrected chi connectivity index (χ1v) is 10.6. The quantitative estimate of drug-likeness (QED) is 0.576. The number of para-hydroxylation sites is 1. The zero-order valence-corrected chi connectivity index (χ0v) is 18.4. The van der Waals surface area contributed by atoms with Crippen molar-refractivity contribution in [2.24, 2.45) is 0 Å². The Labute approximate surface area is 182 Å². The number of hydrogen-bond donors (Lipinski definition) is 0. The van der Waals surface area contributed by atoms with E-state index >= 15 is 0 Å². The maximum absolute atomic E-state index is 13.4. The van der Waals surface area contributed by atoms with Crippen molar-refractivity contribution in [3.8, 4) is 5.75 Å². The third-order valence-electron chi connectivity index (χ3n) is 5.45. The summed E-state index contributed by atoms with van der Waals surface area (Å²) in [5.41, 5.74) is 1.59. The Balaban J connectivity index is 1.80.